The molecular formula is C14H23NO2. The Morgan fingerprint density at radius 1 is 1.12 bits per heavy atom. The summed E-state index contributed by atoms with van der Waals surface area (Å²) in [6.07, 6.45) is 0. The Morgan fingerprint density at radius 3 is 2.24 bits per heavy atom. The van der Waals surface area contributed by atoms with E-state index in [2.05, 4.69) is 33.0 Å². The molecule has 1 aromatic rings. The van der Waals surface area contributed by atoms with E-state index in [0.717, 1.165) is 12.1 Å². The van der Waals surface area contributed by atoms with Crippen LogP contribution in [0.25, 0.3) is 0 Å². The first-order valence-electron chi connectivity index (χ1n) is 6.17. The zero-order chi connectivity index (χ0) is 13.0. The van der Waals surface area contributed by atoms with Crippen molar-refractivity contribution in [2.24, 2.45) is 11.8 Å². The van der Waals surface area contributed by atoms with Crippen LogP contribution < -0.4 is 5.32 Å². The highest BCUT2D eigenvalue weighted by Crippen LogP contribution is 2.31. The number of hydrogen-bond donors (Lipinski definition) is 3. The molecule has 3 heteroatoms. The van der Waals surface area contributed by atoms with E-state index in [0.29, 0.717) is 11.8 Å². The lowest BCUT2D eigenvalue weighted by Crippen LogP contribution is -2.29. The van der Waals surface area contributed by atoms with Crippen molar-refractivity contribution in [1.82, 2.24) is 5.32 Å². The summed E-state index contributed by atoms with van der Waals surface area (Å²) < 4.78 is 0. The first-order valence-corrected chi connectivity index (χ1v) is 6.17. The van der Waals surface area contributed by atoms with Crippen molar-refractivity contribution < 1.29 is 10.2 Å². The molecule has 3 nitrogen and oxygen atoms in total. The van der Waals surface area contributed by atoms with Crippen molar-refractivity contribution in [2.45, 2.75) is 33.7 Å². The van der Waals surface area contributed by atoms with Gasteiger partial charge in [0.25, 0.3) is 0 Å². The molecule has 0 fully saturated rings. The Morgan fingerprint density at radius 2 is 1.76 bits per heavy atom. The smallest absolute Gasteiger partial charge is 0.124 e. The van der Waals surface area contributed by atoms with E-state index in [4.69, 9.17) is 0 Å². The van der Waals surface area contributed by atoms with Gasteiger partial charge in [-0.15, -0.1) is 0 Å². The van der Waals surface area contributed by atoms with E-state index < -0.39 is 0 Å². The van der Waals surface area contributed by atoms with Crippen molar-refractivity contribution in [3.8, 4) is 11.5 Å². The van der Waals surface area contributed by atoms with Gasteiger partial charge >= 0.3 is 0 Å². The van der Waals surface area contributed by atoms with Gasteiger partial charge < -0.3 is 15.5 Å². The van der Waals surface area contributed by atoms with Gasteiger partial charge in [-0.1, -0.05) is 33.8 Å². The van der Waals surface area contributed by atoms with Gasteiger partial charge in [0.2, 0.25) is 0 Å². The average molecular weight is 237 g/mol. The molecule has 0 amide bonds. The average Bonchev–Trinajstić information content (AvgIpc) is 2.20. The highest BCUT2D eigenvalue weighted by atomic mass is 16.3. The van der Waals surface area contributed by atoms with Crippen molar-refractivity contribution >= 4 is 0 Å². The molecule has 1 unspecified atom stereocenters. The van der Waals surface area contributed by atoms with Crippen LogP contribution in [0.3, 0.4) is 0 Å². The molecule has 1 aromatic carbocycles. The van der Waals surface area contributed by atoms with Crippen LogP contribution in [-0.2, 0) is 0 Å². The van der Waals surface area contributed by atoms with Crippen molar-refractivity contribution in [2.75, 3.05) is 6.54 Å². The van der Waals surface area contributed by atoms with Gasteiger partial charge in [0.1, 0.15) is 11.5 Å². The molecule has 0 saturated heterocycles. The Bertz CT molecular complexity index is 361. The molecule has 0 saturated carbocycles. The number of rotatable bonds is 5. The highest BCUT2D eigenvalue weighted by Gasteiger charge is 2.19. The van der Waals surface area contributed by atoms with Gasteiger partial charge in [0.15, 0.2) is 0 Å². The number of hydrogen-bond acceptors (Lipinski definition) is 3. The van der Waals surface area contributed by atoms with Crippen molar-refractivity contribution in [3.05, 3.63) is 23.8 Å². The molecule has 17 heavy (non-hydrogen) atoms. The summed E-state index contributed by atoms with van der Waals surface area (Å²) in [6.45, 7) is 9.44. The van der Waals surface area contributed by atoms with E-state index in [9.17, 15) is 10.2 Å². The number of phenolic OH excluding ortho intramolecular Hbond substituents is 2. The van der Waals surface area contributed by atoms with Gasteiger partial charge in [-0.2, -0.15) is 0 Å². The number of benzene rings is 1. The fourth-order valence-corrected chi connectivity index (χ4v) is 1.86. The first kappa shape index (κ1) is 13.8. The lowest BCUT2D eigenvalue weighted by atomic mass is 9.94. The molecule has 96 valence electrons. The minimum atomic E-state index is 0.0950. The maximum absolute atomic E-state index is 9.88. The third-order valence-corrected chi connectivity index (χ3v) is 2.76. The zero-order valence-corrected chi connectivity index (χ0v) is 11.1. The molecule has 3 N–H and O–H groups in total. The maximum atomic E-state index is 9.88. The SMILES string of the molecule is CC(C)CNC(c1ccc(O)cc1O)C(C)C. The van der Waals surface area contributed by atoms with E-state index in [-0.39, 0.29) is 17.5 Å². The molecule has 0 heterocycles. The summed E-state index contributed by atoms with van der Waals surface area (Å²) in [7, 11) is 0. The lowest BCUT2D eigenvalue weighted by molar-refractivity contribution is 0.368. The highest BCUT2D eigenvalue weighted by molar-refractivity contribution is 5.41. The molecule has 1 atom stereocenters. The molecular weight excluding hydrogens is 214 g/mol. The fraction of sp³-hybridized carbons (Fsp3) is 0.571. The largest absolute Gasteiger partial charge is 0.508 e. The van der Waals surface area contributed by atoms with E-state index >= 15 is 0 Å². The minimum Gasteiger partial charge on any atom is -0.508 e. The molecule has 0 radical (unpaired) electrons. The van der Waals surface area contributed by atoms with Crippen LogP contribution in [-0.4, -0.2) is 16.8 Å². The summed E-state index contributed by atoms with van der Waals surface area (Å²) in [5, 5.41) is 22.6. The predicted molar refractivity (Wildman–Crippen MR) is 70.2 cm³/mol. The van der Waals surface area contributed by atoms with Crippen LogP contribution in [0, 0.1) is 11.8 Å². The predicted octanol–water partition coefficient (Wildman–Crippen LogP) is 3.04. The van der Waals surface area contributed by atoms with Gasteiger partial charge in [-0.05, 0) is 24.4 Å². The van der Waals surface area contributed by atoms with Crippen LogP contribution in [0.1, 0.15) is 39.3 Å². The van der Waals surface area contributed by atoms with Crippen LogP contribution in [0.4, 0.5) is 0 Å². The Labute approximate surface area is 103 Å². The van der Waals surface area contributed by atoms with Crippen LogP contribution in [0.5, 0.6) is 11.5 Å². The van der Waals surface area contributed by atoms with Gasteiger partial charge in [-0.25, -0.2) is 0 Å². The first-order chi connectivity index (χ1) is 7.91. The molecule has 0 spiro atoms. The summed E-state index contributed by atoms with van der Waals surface area (Å²) in [6, 6.07) is 4.89. The summed E-state index contributed by atoms with van der Waals surface area (Å²) >= 11 is 0. The topological polar surface area (TPSA) is 52.5 Å². The molecule has 0 aromatic heterocycles. The summed E-state index contributed by atoms with van der Waals surface area (Å²) in [5.74, 6) is 1.19. The van der Waals surface area contributed by atoms with Gasteiger partial charge in [0.05, 0.1) is 0 Å². The standard InChI is InChI=1S/C14H23NO2/c1-9(2)8-15-14(10(3)4)12-6-5-11(16)7-13(12)17/h5-7,9-10,14-17H,8H2,1-4H3. The Kier molecular flexibility index (Phi) is 4.82. The fourth-order valence-electron chi connectivity index (χ4n) is 1.86. The second-order valence-corrected chi connectivity index (χ2v) is 5.27. The molecule has 0 aliphatic rings. The Hall–Kier alpha value is -1.22. The lowest BCUT2D eigenvalue weighted by Gasteiger charge is -2.24. The van der Waals surface area contributed by atoms with Gasteiger partial charge in [-0.3, -0.25) is 0 Å². The normalized spacial score (nSPS) is 13.3. The van der Waals surface area contributed by atoms with Crippen LogP contribution in [0.15, 0.2) is 18.2 Å². The maximum Gasteiger partial charge on any atom is 0.124 e. The summed E-state index contributed by atoms with van der Waals surface area (Å²) in [4.78, 5) is 0. The second-order valence-electron chi connectivity index (χ2n) is 5.27. The van der Waals surface area contributed by atoms with Crippen molar-refractivity contribution in [3.63, 3.8) is 0 Å². The van der Waals surface area contributed by atoms with E-state index in [1.54, 1.807) is 12.1 Å². The zero-order valence-electron chi connectivity index (χ0n) is 11.1. The number of phenols is 2. The third-order valence-electron chi connectivity index (χ3n) is 2.76. The monoisotopic (exact) mass is 237 g/mol. The quantitative estimate of drug-likeness (QED) is 0.737. The van der Waals surface area contributed by atoms with E-state index in [1.807, 2.05) is 0 Å². The number of aromatic hydroxyl groups is 2. The number of nitrogens with one attached hydrogen (secondary N) is 1. The Balaban J connectivity index is 2.89. The van der Waals surface area contributed by atoms with Gasteiger partial charge in [0, 0.05) is 17.7 Å². The van der Waals surface area contributed by atoms with Crippen molar-refractivity contribution in [1.29, 1.82) is 0 Å². The molecule has 0 aliphatic carbocycles. The molecule has 0 bridgehead atoms. The third kappa shape index (κ3) is 3.93. The molecule has 1 rings (SSSR count). The second kappa shape index (κ2) is 5.92. The van der Waals surface area contributed by atoms with E-state index in [1.165, 1.54) is 6.07 Å². The minimum absolute atomic E-state index is 0.0950. The van der Waals surface area contributed by atoms with Crippen LogP contribution in [0.2, 0.25) is 0 Å². The molecule has 0 aliphatic heterocycles. The summed E-state index contributed by atoms with van der Waals surface area (Å²) in [5.41, 5.74) is 0.846. The van der Waals surface area contributed by atoms with Crippen LogP contribution >= 0.6 is 0 Å².